The van der Waals surface area contributed by atoms with E-state index in [0.29, 0.717) is 0 Å². The maximum atomic E-state index is 12.4. The van der Waals surface area contributed by atoms with Crippen LogP contribution in [0.1, 0.15) is 39.2 Å². The summed E-state index contributed by atoms with van der Waals surface area (Å²) in [6, 6.07) is 9.75. The molecule has 1 saturated heterocycles. The highest BCUT2D eigenvalue weighted by Crippen LogP contribution is 2.20. The molecule has 0 spiro atoms. The van der Waals surface area contributed by atoms with E-state index in [1.165, 1.54) is 0 Å². The Kier molecular flexibility index (Phi) is 5.37. The lowest BCUT2D eigenvalue weighted by Gasteiger charge is -2.30. The molecule has 1 unspecified atom stereocenters. The average Bonchev–Trinajstić information content (AvgIpc) is 2.96. The van der Waals surface area contributed by atoms with E-state index in [4.69, 9.17) is 9.47 Å². The van der Waals surface area contributed by atoms with Crippen LogP contribution in [-0.4, -0.2) is 30.3 Å². The van der Waals surface area contributed by atoms with Crippen LogP contribution in [0.25, 0.3) is 0 Å². The number of ether oxygens (including phenoxy) is 2. The van der Waals surface area contributed by atoms with Gasteiger partial charge in [0.05, 0.1) is 5.60 Å². The minimum Gasteiger partial charge on any atom is -0.459 e. The van der Waals surface area contributed by atoms with Gasteiger partial charge in [0.15, 0.2) is 6.10 Å². The largest absolute Gasteiger partial charge is 0.459 e. The lowest BCUT2D eigenvalue weighted by Crippen LogP contribution is -2.46. The first-order valence-electron chi connectivity index (χ1n) is 7.57. The SMILES string of the molecule is CC(C)(C)OC(C(=O)OCc1ccccc1)[C@@H]1CCCN1. The Labute approximate surface area is 126 Å². The van der Waals surface area contributed by atoms with Gasteiger partial charge in [0.2, 0.25) is 0 Å². The molecular weight excluding hydrogens is 266 g/mol. The number of esters is 1. The second-order valence-electron chi connectivity index (χ2n) is 6.45. The molecule has 4 heteroatoms. The lowest BCUT2D eigenvalue weighted by molar-refractivity contribution is -0.170. The molecule has 0 bridgehead atoms. The first-order chi connectivity index (χ1) is 9.96. The Bertz CT molecular complexity index is 447. The second-order valence-corrected chi connectivity index (χ2v) is 6.45. The summed E-state index contributed by atoms with van der Waals surface area (Å²) >= 11 is 0. The molecule has 0 amide bonds. The standard InChI is InChI=1S/C17H25NO3/c1-17(2,3)21-15(14-10-7-11-18-14)16(19)20-12-13-8-5-4-6-9-13/h4-6,8-9,14-15,18H,7,10-12H2,1-3H3/t14-,15?/m0/s1. The van der Waals surface area contributed by atoms with Crippen molar-refractivity contribution in [3.05, 3.63) is 35.9 Å². The zero-order valence-corrected chi connectivity index (χ0v) is 13.1. The van der Waals surface area contributed by atoms with E-state index in [2.05, 4.69) is 5.32 Å². The molecule has 1 aromatic carbocycles. The molecule has 1 aromatic rings. The third kappa shape index (κ3) is 5.14. The Morgan fingerprint density at radius 1 is 1.33 bits per heavy atom. The van der Waals surface area contributed by atoms with Gasteiger partial charge in [0, 0.05) is 6.04 Å². The number of hydrogen-bond donors (Lipinski definition) is 1. The number of benzene rings is 1. The van der Waals surface area contributed by atoms with E-state index < -0.39 is 6.10 Å². The molecule has 1 aliphatic heterocycles. The topological polar surface area (TPSA) is 47.6 Å². The highest BCUT2D eigenvalue weighted by molar-refractivity contribution is 5.75. The number of carbonyl (C=O) groups is 1. The monoisotopic (exact) mass is 291 g/mol. The molecule has 21 heavy (non-hydrogen) atoms. The number of hydrogen-bond acceptors (Lipinski definition) is 4. The predicted octanol–water partition coefficient (Wildman–Crippen LogP) is 2.67. The van der Waals surface area contributed by atoms with Gasteiger partial charge >= 0.3 is 5.97 Å². The van der Waals surface area contributed by atoms with Gasteiger partial charge < -0.3 is 14.8 Å². The maximum absolute atomic E-state index is 12.4. The summed E-state index contributed by atoms with van der Waals surface area (Å²) in [6.07, 6.45) is 1.47. The normalized spacial score (nSPS) is 20.2. The van der Waals surface area contributed by atoms with Crippen molar-refractivity contribution in [2.75, 3.05) is 6.54 Å². The van der Waals surface area contributed by atoms with E-state index >= 15 is 0 Å². The Hall–Kier alpha value is -1.39. The number of carbonyl (C=O) groups excluding carboxylic acids is 1. The summed E-state index contributed by atoms with van der Waals surface area (Å²) in [5.74, 6) is -0.284. The third-order valence-electron chi connectivity index (χ3n) is 3.40. The van der Waals surface area contributed by atoms with E-state index in [1.54, 1.807) is 0 Å². The summed E-state index contributed by atoms with van der Waals surface area (Å²) in [4.78, 5) is 12.4. The van der Waals surface area contributed by atoms with Crippen molar-refractivity contribution >= 4 is 5.97 Å². The maximum Gasteiger partial charge on any atom is 0.337 e. The molecular formula is C17H25NO3. The smallest absolute Gasteiger partial charge is 0.337 e. The van der Waals surface area contributed by atoms with Gasteiger partial charge in [-0.2, -0.15) is 0 Å². The van der Waals surface area contributed by atoms with Crippen molar-refractivity contribution in [3.63, 3.8) is 0 Å². The minimum atomic E-state index is -0.545. The second kappa shape index (κ2) is 7.05. The van der Waals surface area contributed by atoms with Crippen molar-refractivity contribution in [2.24, 2.45) is 0 Å². The van der Waals surface area contributed by atoms with Crippen LogP contribution in [0.15, 0.2) is 30.3 Å². The van der Waals surface area contributed by atoms with Crippen molar-refractivity contribution in [2.45, 2.75) is 58.0 Å². The Morgan fingerprint density at radius 2 is 2.05 bits per heavy atom. The first kappa shape index (κ1) is 16.0. The molecule has 116 valence electrons. The van der Waals surface area contributed by atoms with Crippen LogP contribution in [0.5, 0.6) is 0 Å². The molecule has 1 aliphatic rings. The van der Waals surface area contributed by atoms with Gasteiger partial charge in [0.25, 0.3) is 0 Å². The van der Waals surface area contributed by atoms with Crippen molar-refractivity contribution in [3.8, 4) is 0 Å². The fraction of sp³-hybridized carbons (Fsp3) is 0.588. The predicted molar refractivity (Wildman–Crippen MR) is 81.9 cm³/mol. The fourth-order valence-corrected chi connectivity index (χ4v) is 2.46. The summed E-state index contributed by atoms with van der Waals surface area (Å²) in [5, 5.41) is 3.33. The number of rotatable bonds is 5. The quantitative estimate of drug-likeness (QED) is 0.847. The van der Waals surface area contributed by atoms with Crippen molar-refractivity contribution in [1.29, 1.82) is 0 Å². The molecule has 0 aliphatic carbocycles. The van der Waals surface area contributed by atoms with Crippen LogP contribution >= 0.6 is 0 Å². The zero-order valence-electron chi connectivity index (χ0n) is 13.1. The van der Waals surface area contributed by atoms with E-state index in [0.717, 1.165) is 24.9 Å². The van der Waals surface area contributed by atoms with Crippen LogP contribution in [0.4, 0.5) is 0 Å². The van der Waals surface area contributed by atoms with Crippen LogP contribution < -0.4 is 5.32 Å². The van der Waals surface area contributed by atoms with Crippen molar-refractivity contribution in [1.82, 2.24) is 5.32 Å². The highest BCUT2D eigenvalue weighted by atomic mass is 16.6. The van der Waals surface area contributed by atoms with Crippen molar-refractivity contribution < 1.29 is 14.3 Å². The van der Waals surface area contributed by atoms with Crippen LogP contribution in [0, 0.1) is 0 Å². The molecule has 1 fully saturated rings. The highest BCUT2D eigenvalue weighted by Gasteiger charge is 2.35. The van der Waals surface area contributed by atoms with Gasteiger partial charge in [-0.1, -0.05) is 30.3 Å². The van der Waals surface area contributed by atoms with Crippen LogP contribution in [-0.2, 0) is 20.9 Å². The fourth-order valence-electron chi connectivity index (χ4n) is 2.46. The minimum absolute atomic E-state index is 0.0486. The molecule has 0 saturated carbocycles. The Morgan fingerprint density at radius 3 is 2.62 bits per heavy atom. The summed E-state index contributed by atoms with van der Waals surface area (Å²) in [6.45, 7) is 7.09. The van der Waals surface area contributed by atoms with Gasteiger partial charge in [-0.15, -0.1) is 0 Å². The van der Waals surface area contributed by atoms with Crippen LogP contribution in [0.3, 0.4) is 0 Å². The lowest BCUT2D eigenvalue weighted by atomic mass is 10.1. The average molecular weight is 291 g/mol. The summed E-state index contributed by atoms with van der Waals surface area (Å²) < 4.78 is 11.4. The van der Waals surface area contributed by atoms with E-state index in [1.807, 2.05) is 51.1 Å². The molecule has 2 atom stereocenters. The molecule has 0 radical (unpaired) electrons. The van der Waals surface area contributed by atoms with Crippen LogP contribution in [0.2, 0.25) is 0 Å². The molecule has 0 aromatic heterocycles. The molecule has 1 N–H and O–H groups in total. The number of nitrogens with one attached hydrogen (secondary N) is 1. The van der Waals surface area contributed by atoms with Gasteiger partial charge in [-0.05, 0) is 45.7 Å². The van der Waals surface area contributed by atoms with Gasteiger partial charge in [0.1, 0.15) is 6.61 Å². The summed E-state index contributed by atoms with van der Waals surface area (Å²) in [7, 11) is 0. The third-order valence-corrected chi connectivity index (χ3v) is 3.40. The first-order valence-corrected chi connectivity index (χ1v) is 7.57. The molecule has 2 rings (SSSR count). The van der Waals surface area contributed by atoms with E-state index in [9.17, 15) is 4.79 Å². The van der Waals surface area contributed by atoms with Gasteiger partial charge in [-0.3, -0.25) is 0 Å². The molecule has 4 nitrogen and oxygen atoms in total. The Balaban J connectivity index is 1.96. The molecule has 1 heterocycles. The van der Waals surface area contributed by atoms with E-state index in [-0.39, 0.29) is 24.2 Å². The van der Waals surface area contributed by atoms with Gasteiger partial charge in [-0.25, -0.2) is 4.79 Å². The zero-order chi connectivity index (χ0) is 15.3. The summed E-state index contributed by atoms with van der Waals surface area (Å²) in [5.41, 5.74) is 0.612.